The molecule has 120 valence electrons. The van der Waals surface area contributed by atoms with Gasteiger partial charge in [0.25, 0.3) is 0 Å². The minimum Gasteiger partial charge on any atom is -0.337 e. The average Bonchev–Trinajstić information content (AvgIpc) is 3.03. The molecular formula is C17H30N2S2. The van der Waals surface area contributed by atoms with Crippen molar-refractivity contribution in [3.63, 3.8) is 0 Å². The fourth-order valence-electron chi connectivity index (χ4n) is 2.96. The molecule has 0 N–H and O–H groups in total. The third kappa shape index (κ3) is 5.55. The first-order valence-corrected chi connectivity index (χ1v) is 10.4. The normalized spacial score (nSPS) is 26.1. The van der Waals surface area contributed by atoms with Gasteiger partial charge in [0.15, 0.2) is 0 Å². The summed E-state index contributed by atoms with van der Waals surface area (Å²) in [4.78, 5) is 4.18. The van der Waals surface area contributed by atoms with Crippen LogP contribution >= 0.6 is 23.5 Å². The molecule has 4 heteroatoms. The first kappa shape index (κ1) is 17.3. The first-order chi connectivity index (χ1) is 10.3. The molecule has 0 radical (unpaired) electrons. The van der Waals surface area contributed by atoms with E-state index in [0.29, 0.717) is 4.08 Å². The Balaban J connectivity index is 1.94. The summed E-state index contributed by atoms with van der Waals surface area (Å²) in [6.07, 6.45) is 16.8. The molecule has 2 nitrogen and oxygen atoms in total. The first-order valence-electron chi connectivity index (χ1n) is 8.55. The van der Waals surface area contributed by atoms with Gasteiger partial charge in [0.05, 0.1) is 10.4 Å². The number of unbranched alkanes of at least 4 members (excludes halogenated alkanes) is 2. The quantitative estimate of drug-likeness (QED) is 0.589. The molecule has 2 atom stereocenters. The lowest BCUT2D eigenvalue weighted by molar-refractivity contribution is 0.543. The van der Waals surface area contributed by atoms with E-state index in [1.54, 1.807) is 0 Å². The number of hydrogen-bond donors (Lipinski definition) is 0. The van der Waals surface area contributed by atoms with Crippen molar-refractivity contribution >= 4 is 23.5 Å². The summed E-state index contributed by atoms with van der Waals surface area (Å²) in [5.74, 6) is 1.36. The van der Waals surface area contributed by atoms with Crippen LogP contribution in [0, 0.1) is 0 Å². The summed E-state index contributed by atoms with van der Waals surface area (Å²) in [6, 6.07) is 0. The lowest BCUT2D eigenvalue weighted by atomic mass is 10.1. The molecule has 0 bridgehead atoms. The molecule has 21 heavy (non-hydrogen) atoms. The van der Waals surface area contributed by atoms with Crippen molar-refractivity contribution in [2.45, 2.75) is 81.1 Å². The second-order valence-electron chi connectivity index (χ2n) is 6.08. The van der Waals surface area contributed by atoms with Crippen LogP contribution in [0.15, 0.2) is 18.7 Å². The Labute approximate surface area is 138 Å². The summed E-state index contributed by atoms with van der Waals surface area (Å²) in [5.41, 5.74) is 0. The van der Waals surface area contributed by atoms with E-state index in [1.807, 2.05) is 12.5 Å². The molecule has 0 spiro atoms. The number of rotatable bonds is 9. The van der Waals surface area contributed by atoms with E-state index in [-0.39, 0.29) is 0 Å². The summed E-state index contributed by atoms with van der Waals surface area (Å²) < 4.78 is 2.70. The molecule has 2 heterocycles. The van der Waals surface area contributed by atoms with Crippen LogP contribution in [0.1, 0.15) is 65.2 Å². The largest absolute Gasteiger partial charge is 0.337 e. The average molecular weight is 327 g/mol. The highest BCUT2D eigenvalue weighted by atomic mass is 32.2. The highest BCUT2D eigenvalue weighted by molar-refractivity contribution is 8.19. The standard InChI is InChI=1S/C17H30N2S2/c1-3-5-7-16-8-14-20-17(21-16,9-6-4-2)10-12-19-13-11-18-15-19/h11,13,15-16H,3-10,12,14H2,1-2H3. The van der Waals surface area contributed by atoms with Gasteiger partial charge in [-0.2, -0.15) is 0 Å². The molecule has 2 rings (SSSR count). The van der Waals surface area contributed by atoms with Crippen molar-refractivity contribution < 1.29 is 0 Å². The minimum absolute atomic E-state index is 0.455. The molecule has 1 fully saturated rings. The Hall–Kier alpha value is -0.0900. The van der Waals surface area contributed by atoms with Gasteiger partial charge < -0.3 is 4.57 Å². The lowest BCUT2D eigenvalue weighted by Crippen LogP contribution is -2.31. The highest BCUT2D eigenvalue weighted by Gasteiger charge is 2.36. The highest BCUT2D eigenvalue weighted by Crippen LogP contribution is 2.52. The molecule has 0 aliphatic carbocycles. The second-order valence-corrected chi connectivity index (χ2v) is 9.50. The van der Waals surface area contributed by atoms with Crippen LogP contribution in [-0.4, -0.2) is 24.6 Å². The van der Waals surface area contributed by atoms with Crippen LogP contribution in [0.3, 0.4) is 0 Å². The number of imidazole rings is 1. The fourth-order valence-corrected chi connectivity index (χ4v) is 6.94. The van der Waals surface area contributed by atoms with Gasteiger partial charge in [-0.1, -0.05) is 39.5 Å². The number of nitrogens with zero attached hydrogens (tertiary/aromatic N) is 2. The number of aromatic nitrogens is 2. The maximum absolute atomic E-state index is 4.18. The molecule has 2 unspecified atom stereocenters. The maximum atomic E-state index is 4.18. The third-order valence-corrected chi connectivity index (χ3v) is 7.95. The van der Waals surface area contributed by atoms with E-state index in [4.69, 9.17) is 0 Å². The summed E-state index contributed by atoms with van der Waals surface area (Å²) >= 11 is 4.55. The van der Waals surface area contributed by atoms with Crippen LogP contribution in [0.4, 0.5) is 0 Å². The van der Waals surface area contributed by atoms with E-state index >= 15 is 0 Å². The summed E-state index contributed by atoms with van der Waals surface area (Å²) in [7, 11) is 0. The Morgan fingerprint density at radius 1 is 1.24 bits per heavy atom. The van der Waals surface area contributed by atoms with Gasteiger partial charge >= 0.3 is 0 Å². The molecule has 0 aromatic carbocycles. The van der Waals surface area contributed by atoms with Crippen molar-refractivity contribution in [2.75, 3.05) is 5.75 Å². The third-order valence-electron chi connectivity index (χ3n) is 4.29. The van der Waals surface area contributed by atoms with E-state index < -0.39 is 0 Å². The molecule has 0 amide bonds. The van der Waals surface area contributed by atoms with Crippen molar-refractivity contribution in [2.24, 2.45) is 0 Å². The number of hydrogen-bond acceptors (Lipinski definition) is 3. The summed E-state index contributed by atoms with van der Waals surface area (Å²) in [6.45, 7) is 5.74. The van der Waals surface area contributed by atoms with Crippen LogP contribution in [0.25, 0.3) is 0 Å². The molecule has 1 aliphatic rings. The SMILES string of the molecule is CCCCC1CCSC(CCCC)(CCn2ccnc2)S1. The van der Waals surface area contributed by atoms with Crippen LogP contribution in [-0.2, 0) is 6.54 Å². The minimum atomic E-state index is 0.455. The Morgan fingerprint density at radius 2 is 2.10 bits per heavy atom. The van der Waals surface area contributed by atoms with Gasteiger partial charge in [0.2, 0.25) is 0 Å². The molecule has 0 saturated carbocycles. The van der Waals surface area contributed by atoms with E-state index in [0.717, 1.165) is 11.8 Å². The zero-order chi connectivity index (χ0) is 15.0. The van der Waals surface area contributed by atoms with Crippen LogP contribution in [0.5, 0.6) is 0 Å². The van der Waals surface area contributed by atoms with Gasteiger partial charge in [-0.15, -0.1) is 23.5 Å². The Morgan fingerprint density at radius 3 is 2.81 bits per heavy atom. The van der Waals surface area contributed by atoms with Gasteiger partial charge in [-0.05, 0) is 31.4 Å². The topological polar surface area (TPSA) is 17.8 Å². The van der Waals surface area contributed by atoms with E-state index in [9.17, 15) is 0 Å². The zero-order valence-corrected chi connectivity index (χ0v) is 15.2. The number of thioether (sulfide) groups is 2. The van der Waals surface area contributed by atoms with Gasteiger partial charge in [-0.3, -0.25) is 0 Å². The van der Waals surface area contributed by atoms with Crippen LogP contribution < -0.4 is 0 Å². The van der Waals surface area contributed by atoms with Crippen molar-refractivity contribution in [1.82, 2.24) is 9.55 Å². The van der Waals surface area contributed by atoms with E-state index in [1.165, 1.54) is 57.1 Å². The fraction of sp³-hybridized carbons (Fsp3) is 0.824. The van der Waals surface area contributed by atoms with Crippen molar-refractivity contribution in [3.05, 3.63) is 18.7 Å². The molecule has 1 aromatic rings. The van der Waals surface area contributed by atoms with Crippen LogP contribution in [0.2, 0.25) is 0 Å². The monoisotopic (exact) mass is 326 g/mol. The Kier molecular flexibility index (Phi) is 7.51. The summed E-state index contributed by atoms with van der Waals surface area (Å²) in [5, 5.41) is 0.894. The molecule has 1 aliphatic heterocycles. The zero-order valence-electron chi connectivity index (χ0n) is 13.6. The van der Waals surface area contributed by atoms with Crippen molar-refractivity contribution in [1.29, 1.82) is 0 Å². The lowest BCUT2D eigenvalue weighted by Gasteiger charge is -2.40. The molecule has 1 aromatic heterocycles. The van der Waals surface area contributed by atoms with Crippen molar-refractivity contribution in [3.8, 4) is 0 Å². The second kappa shape index (κ2) is 9.14. The maximum Gasteiger partial charge on any atom is 0.0945 e. The predicted octanol–water partition coefficient (Wildman–Crippen LogP) is 5.59. The smallest absolute Gasteiger partial charge is 0.0945 e. The predicted molar refractivity (Wildman–Crippen MR) is 97.1 cm³/mol. The van der Waals surface area contributed by atoms with Gasteiger partial charge in [-0.25, -0.2) is 4.98 Å². The Bertz CT molecular complexity index is 380. The molecular weight excluding hydrogens is 296 g/mol. The number of aryl methyl sites for hydroxylation is 1. The van der Waals surface area contributed by atoms with Gasteiger partial charge in [0, 0.05) is 24.2 Å². The van der Waals surface area contributed by atoms with Gasteiger partial charge in [0.1, 0.15) is 0 Å². The molecule has 1 saturated heterocycles. The van der Waals surface area contributed by atoms with E-state index in [2.05, 4.69) is 53.1 Å².